The zero-order chi connectivity index (χ0) is 25.8. The number of anilines is 2. The highest BCUT2D eigenvalue weighted by Crippen LogP contribution is 2.41. The molecule has 14 heteroatoms. The van der Waals surface area contributed by atoms with Crippen LogP contribution in [0.1, 0.15) is 36.5 Å². The molecule has 6 N–H and O–H groups in total. The third kappa shape index (κ3) is 4.53. The number of hydrogen-bond acceptors (Lipinski definition) is 8. The number of benzene rings is 1. The van der Waals surface area contributed by atoms with Crippen LogP contribution in [-0.4, -0.2) is 61.4 Å². The van der Waals surface area contributed by atoms with Crippen molar-refractivity contribution >= 4 is 40.2 Å². The molecule has 1 aromatic carbocycles. The molecule has 10 nitrogen and oxygen atoms in total. The van der Waals surface area contributed by atoms with Crippen molar-refractivity contribution in [1.82, 2.24) is 24.8 Å². The number of amides is 1. The molecule has 0 bridgehead atoms. The van der Waals surface area contributed by atoms with E-state index >= 15 is 0 Å². The van der Waals surface area contributed by atoms with Crippen molar-refractivity contribution in [1.29, 1.82) is 0 Å². The van der Waals surface area contributed by atoms with Gasteiger partial charge in [0.15, 0.2) is 17.6 Å². The van der Waals surface area contributed by atoms with Crippen LogP contribution in [0.15, 0.2) is 24.8 Å². The maximum Gasteiger partial charge on any atom is 0.418 e. The van der Waals surface area contributed by atoms with Crippen LogP contribution in [0.2, 0.25) is 5.02 Å². The summed E-state index contributed by atoms with van der Waals surface area (Å²) in [5.74, 6) is -0.167. The van der Waals surface area contributed by atoms with E-state index in [0.29, 0.717) is 29.8 Å². The number of nitrogens with two attached hydrogens (primary N) is 2. The van der Waals surface area contributed by atoms with E-state index in [1.165, 1.54) is 23.3 Å². The highest BCUT2D eigenvalue weighted by molar-refractivity contribution is 6.31. The quantitative estimate of drug-likeness (QED) is 0.382. The summed E-state index contributed by atoms with van der Waals surface area (Å²) in [5.41, 5.74) is 11.7. The second-order valence-corrected chi connectivity index (χ2v) is 9.75. The summed E-state index contributed by atoms with van der Waals surface area (Å²) in [6.07, 6.45) is -3.02. The Morgan fingerprint density at radius 3 is 2.75 bits per heavy atom. The van der Waals surface area contributed by atoms with Gasteiger partial charge in [-0.25, -0.2) is 15.0 Å². The molecule has 2 aliphatic rings. The normalized spacial score (nSPS) is 21.2. The van der Waals surface area contributed by atoms with Crippen LogP contribution in [0.3, 0.4) is 0 Å². The lowest BCUT2D eigenvalue weighted by atomic mass is 9.98. The number of nitrogen functional groups attached to an aromatic ring is 1. The van der Waals surface area contributed by atoms with Crippen LogP contribution in [0, 0.1) is 0 Å². The fourth-order valence-electron chi connectivity index (χ4n) is 4.48. The van der Waals surface area contributed by atoms with Gasteiger partial charge < -0.3 is 31.4 Å². The number of aliphatic hydroxyl groups is 1. The van der Waals surface area contributed by atoms with Gasteiger partial charge in [0.05, 0.1) is 12.9 Å². The van der Waals surface area contributed by atoms with Gasteiger partial charge in [0.1, 0.15) is 17.4 Å². The van der Waals surface area contributed by atoms with Crippen LogP contribution in [0.5, 0.6) is 0 Å². The third-order valence-electron chi connectivity index (χ3n) is 6.59. The van der Waals surface area contributed by atoms with Gasteiger partial charge in [-0.3, -0.25) is 4.79 Å². The molecule has 1 amide bonds. The van der Waals surface area contributed by atoms with Crippen molar-refractivity contribution < 1.29 is 23.1 Å². The minimum Gasteiger partial charge on any atom is -0.382 e. The molecule has 2 atom stereocenters. The Hall–Kier alpha value is -3.16. The average Bonchev–Trinajstić information content (AvgIpc) is 3.38. The number of fused-ring (bicyclic) bond motifs is 1. The van der Waals surface area contributed by atoms with Gasteiger partial charge in [-0.15, -0.1) is 0 Å². The van der Waals surface area contributed by atoms with Crippen molar-refractivity contribution in [3.05, 3.63) is 40.9 Å². The first kappa shape index (κ1) is 24.5. The molecule has 5 rings (SSSR count). The number of carbonyl (C=O) groups is 1. The number of nitrogens with zero attached hydrogens (tertiary/aromatic N) is 5. The lowest BCUT2D eigenvalue weighted by Crippen LogP contribution is -2.56. The molecule has 3 aromatic rings. The number of rotatable bonds is 6. The summed E-state index contributed by atoms with van der Waals surface area (Å²) >= 11 is 6.23. The van der Waals surface area contributed by atoms with Crippen LogP contribution >= 0.6 is 11.6 Å². The number of aromatic nitrogens is 4. The summed E-state index contributed by atoms with van der Waals surface area (Å²) in [5, 5.41) is 13.2. The molecule has 2 aromatic heterocycles. The number of halogens is 4. The van der Waals surface area contributed by atoms with Crippen LogP contribution in [0.25, 0.3) is 11.2 Å². The molecule has 1 saturated heterocycles. The molecule has 0 unspecified atom stereocenters. The maximum absolute atomic E-state index is 13.7. The van der Waals surface area contributed by atoms with Crippen molar-refractivity contribution in [3.63, 3.8) is 0 Å². The second kappa shape index (κ2) is 8.75. The van der Waals surface area contributed by atoms with E-state index in [1.54, 1.807) is 4.90 Å². The van der Waals surface area contributed by atoms with Gasteiger partial charge in [-0.05, 0) is 37.0 Å². The zero-order valence-electron chi connectivity index (χ0n) is 19.0. The molecule has 36 heavy (non-hydrogen) atoms. The second-order valence-electron chi connectivity index (χ2n) is 9.32. The van der Waals surface area contributed by atoms with E-state index in [9.17, 15) is 23.1 Å². The monoisotopic (exact) mass is 524 g/mol. The molecule has 192 valence electrons. The van der Waals surface area contributed by atoms with E-state index in [2.05, 4.69) is 20.3 Å². The minimum absolute atomic E-state index is 0.00561. The predicted octanol–water partition coefficient (Wildman–Crippen LogP) is 1.89. The first-order valence-corrected chi connectivity index (χ1v) is 11.7. The first-order chi connectivity index (χ1) is 17.0. The molecule has 3 heterocycles. The van der Waals surface area contributed by atoms with Crippen molar-refractivity contribution in [3.8, 4) is 0 Å². The summed E-state index contributed by atoms with van der Waals surface area (Å²) in [6.45, 7) is 0.244. The number of aliphatic hydroxyl groups excluding tert-OH is 1. The van der Waals surface area contributed by atoms with Crippen molar-refractivity contribution in [2.24, 2.45) is 5.73 Å². The van der Waals surface area contributed by atoms with E-state index in [0.717, 1.165) is 18.9 Å². The minimum atomic E-state index is -4.94. The number of alkyl halides is 3. The Kier molecular flexibility index (Phi) is 5.96. The number of hydrogen-bond donors (Lipinski definition) is 4. The van der Waals surface area contributed by atoms with Crippen LogP contribution < -0.4 is 21.7 Å². The largest absolute Gasteiger partial charge is 0.418 e. The summed E-state index contributed by atoms with van der Waals surface area (Å²) in [7, 11) is 0. The Labute approximate surface area is 208 Å². The van der Waals surface area contributed by atoms with E-state index in [-0.39, 0.29) is 41.4 Å². The topological polar surface area (TPSA) is 148 Å². The average molecular weight is 525 g/mol. The smallest absolute Gasteiger partial charge is 0.382 e. The fraction of sp³-hybridized carbons (Fsp3) is 0.455. The van der Waals surface area contributed by atoms with E-state index in [4.69, 9.17) is 23.1 Å². The number of imidazole rings is 1. The van der Waals surface area contributed by atoms with Gasteiger partial charge in [0.25, 0.3) is 0 Å². The molecule has 0 spiro atoms. The lowest BCUT2D eigenvalue weighted by molar-refractivity contribution is -0.207. The Morgan fingerprint density at radius 2 is 2.06 bits per heavy atom. The Morgan fingerprint density at radius 1 is 1.31 bits per heavy atom. The van der Waals surface area contributed by atoms with Crippen LogP contribution in [0.4, 0.5) is 24.7 Å². The molecular formula is C22H24ClF3N8O2. The van der Waals surface area contributed by atoms with Gasteiger partial charge in [-0.2, -0.15) is 13.2 Å². The van der Waals surface area contributed by atoms with Gasteiger partial charge in [0.2, 0.25) is 5.91 Å². The number of nitrogens with one attached hydrogen (secondary N) is 1. The zero-order valence-corrected chi connectivity index (χ0v) is 19.7. The van der Waals surface area contributed by atoms with Crippen molar-refractivity contribution in [2.75, 3.05) is 23.7 Å². The predicted molar refractivity (Wildman–Crippen MR) is 126 cm³/mol. The van der Waals surface area contributed by atoms with Gasteiger partial charge >= 0.3 is 6.18 Å². The van der Waals surface area contributed by atoms with Gasteiger partial charge in [0, 0.05) is 35.4 Å². The third-order valence-corrected chi connectivity index (χ3v) is 6.81. The molecule has 2 fully saturated rings. The van der Waals surface area contributed by atoms with E-state index in [1.807, 2.05) is 0 Å². The molecule has 1 saturated carbocycles. The highest BCUT2D eigenvalue weighted by Gasteiger charge is 2.45. The first-order valence-electron chi connectivity index (χ1n) is 11.3. The molecular weight excluding hydrogens is 501 g/mol. The van der Waals surface area contributed by atoms with Crippen molar-refractivity contribution in [2.45, 2.75) is 49.7 Å². The fourth-order valence-corrected chi connectivity index (χ4v) is 4.70. The SMILES string of the molecule is Nc1ncnc2c1ncn2Cc1c([C@@H](O)C(F)(F)F)cc(Cl)cc1N1CC[C@](N)(C(=O)NC2CC2)C1. The van der Waals surface area contributed by atoms with Gasteiger partial charge in [-0.1, -0.05) is 11.6 Å². The maximum atomic E-state index is 13.7. The summed E-state index contributed by atoms with van der Waals surface area (Å²) in [6, 6.07) is 2.72. The Bertz CT molecular complexity index is 1330. The summed E-state index contributed by atoms with van der Waals surface area (Å²) in [4.78, 5) is 26.7. The molecule has 0 radical (unpaired) electrons. The van der Waals surface area contributed by atoms with Crippen LogP contribution in [-0.2, 0) is 11.3 Å². The molecule has 1 aliphatic heterocycles. The highest BCUT2D eigenvalue weighted by atomic mass is 35.5. The number of carbonyl (C=O) groups excluding carboxylic acids is 1. The Balaban J connectivity index is 1.57. The molecule has 1 aliphatic carbocycles. The summed E-state index contributed by atoms with van der Waals surface area (Å²) < 4.78 is 42.5. The van der Waals surface area contributed by atoms with E-state index < -0.39 is 23.4 Å². The lowest BCUT2D eigenvalue weighted by Gasteiger charge is -2.29. The standard InChI is InChI=1S/C22H24ClF3N8O2/c23-11-5-13(17(35)22(24,25)26)14(7-34-10-31-16-18(27)29-9-30-19(16)34)15(6-11)33-4-3-21(28,8-33)20(36)32-12-1-2-12/h5-6,9-10,12,17,35H,1-4,7-8,28H2,(H,32,36)(H2,27,29,30)/t17-,21-/m1/s1.